The lowest BCUT2D eigenvalue weighted by atomic mass is 9.89. The molecule has 0 spiro atoms. The Hall–Kier alpha value is -2.65. The second-order valence-corrected chi connectivity index (χ2v) is 8.82. The average Bonchev–Trinajstić information content (AvgIpc) is 2.82. The van der Waals surface area contributed by atoms with Gasteiger partial charge >= 0.3 is 0 Å². The topological polar surface area (TPSA) is 23.6 Å². The number of Topliss-reactive ketones (excluding diaryl/α,β-unsaturated/α-hetero) is 1. The molecule has 1 aliphatic carbocycles. The first kappa shape index (κ1) is 21.6. The Morgan fingerprint density at radius 2 is 1.58 bits per heavy atom. The maximum absolute atomic E-state index is 12.5. The van der Waals surface area contributed by atoms with Crippen LogP contribution in [0.1, 0.15) is 38.5 Å². The Morgan fingerprint density at radius 3 is 2.16 bits per heavy atom. The van der Waals surface area contributed by atoms with Crippen LogP contribution < -0.4 is 4.90 Å². The van der Waals surface area contributed by atoms with Crippen LogP contribution in [-0.2, 0) is 4.79 Å². The predicted molar refractivity (Wildman–Crippen MR) is 130 cm³/mol. The first-order valence-corrected chi connectivity index (χ1v) is 11.7. The molecule has 0 aromatic heterocycles. The van der Waals surface area contributed by atoms with Crippen molar-refractivity contribution in [3.8, 4) is 0 Å². The fraction of sp³-hybridized carbons (Fsp3) is 0.393. The molecule has 0 unspecified atom stereocenters. The quantitative estimate of drug-likeness (QED) is 0.491. The Kier molecular flexibility index (Phi) is 7.73. The van der Waals surface area contributed by atoms with Gasteiger partial charge in [0.15, 0.2) is 0 Å². The van der Waals surface area contributed by atoms with E-state index in [4.69, 9.17) is 0 Å². The van der Waals surface area contributed by atoms with Crippen molar-refractivity contribution < 1.29 is 4.79 Å². The van der Waals surface area contributed by atoms with E-state index in [1.54, 1.807) is 0 Å². The van der Waals surface area contributed by atoms with Gasteiger partial charge in [-0.3, -0.25) is 4.79 Å². The van der Waals surface area contributed by atoms with Crippen molar-refractivity contribution in [2.75, 3.05) is 31.1 Å². The molecule has 162 valence electrons. The second-order valence-electron chi connectivity index (χ2n) is 8.82. The van der Waals surface area contributed by atoms with Crippen LogP contribution in [-0.4, -0.2) is 36.9 Å². The number of nitrogens with zero attached hydrogens (tertiary/aromatic N) is 2. The minimum absolute atomic E-state index is 0.430. The monoisotopic (exact) mass is 414 g/mol. The van der Waals surface area contributed by atoms with E-state index in [0.29, 0.717) is 18.1 Å². The van der Waals surface area contributed by atoms with Gasteiger partial charge in [0.25, 0.3) is 0 Å². The molecule has 2 aromatic carbocycles. The number of hydrogen-bond acceptors (Lipinski definition) is 3. The van der Waals surface area contributed by atoms with E-state index in [1.807, 2.05) is 0 Å². The fourth-order valence-electron chi connectivity index (χ4n) is 4.73. The highest BCUT2D eigenvalue weighted by molar-refractivity contribution is 5.81. The Morgan fingerprint density at radius 1 is 0.935 bits per heavy atom. The summed E-state index contributed by atoms with van der Waals surface area (Å²) in [7, 11) is 0. The zero-order chi connectivity index (χ0) is 21.3. The summed E-state index contributed by atoms with van der Waals surface area (Å²) in [4.78, 5) is 17.5. The average molecular weight is 415 g/mol. The lowest BCUT2D eigenvalue weighted by molar-refractivity contribution is -0.119. The van der Waals surface area contributed by atoms with E-state index in [-0.39, 0.29) is 0 Å². The van der Waals surface area contributed by atoms with Crippen molar-refractivity contribution in [2.45, 2.75) is 38.5 Å². The van der Waals surface area contributed by atoms with Gasteiger partial charge in [0.1, 0.15) is 5.78 Å². The zero-order valence-electron chi connectivity index (χ0n) is 18.5. The highest BCUT2D eigenvalue weighted by Gasteiger charge is 2.22. The van der Waals surface area contributed by atoms with Gasteiger partial charge in [0, 0.05) is 37.3 Å². The molecule has 1 saturated heterocycles. The van der Waals surface area contributed by atoms with Gasteiger partial charge in [-0.25, -0.2) is 0 Å². The third-order valence-corrected chi connectivity index (χ3v) is 6.52. The maximum atomic E-state index is 12.5. The standard InChI is InChI=1S/C28H34N2O/c31-28(22-24-10-4-1-5-11-24)23-25-16-18-29(19-17-25)20-21-30(26-12-6-2-7-13-26)27-14-8-3-9-15-27/h1-4,6-10,12-15,25H,5,11,16-23H2. The minimum atomic E-state index is 0.430. The molecule has 1 fully saturated rings. The van der Waals surface area contributed by atoms with Gasteiger partial charge < -0.3 is 9.80 Å². The molecule has 0 saturated carbocycles. The van der Waals surface area contributed by atoms with E-state index in [1.165, 1.54) is 16.9 Å². The summed E-state index contributed by atoms with van der Waals surface area (Å²) in [5.41, 5.74) is 3.79. The molecule has 0 bridgehead atoms. The number of rotatable bonds is 9. The second kappa shape index (κ2) is 11.1. The van der Waals surface area contributed by atoms with Crippen LogP contribution in [0.3, 0.4) is 0 Å². The number of benzene rings is 2. The Bertz CT molecular complexity index is 840. The van der Waals surface area contributed by atoms with Crippen LogP contribution in [0.2, 0.25) is 0 Å². The van der Waals surface area contributed by atoms with Crippen molar-refractivity contribution in [3.63, 3.8) is 0 Å². The first-order valence-electron chi connectivity index (χ1n) is 11.7. The molecular formula is C28H34N2O. The van der Waals surface area contributed by atoms with Crippen LogP contribution in [0.5, 0.6) is 0 Å². The number of hydrogen-bond donors (Lipinski definition) is 0. The van der Waals surface area contributed by atoms with E-state index in [2.05, 4.69) is 88.7 Å². The zero-order valence-corrected chi connectivity index (χ0v) is 18.5. The van der Waals surface area contributed by atoms with Gasteiger partial charge in [-0.1, -0.05) is 60.2 Å². The molecule has 4 rings (SSSR count). The predicted octanol–water partition coefficient (Wildman–Crippen LogP) is 6.16. The Balaban J connectivity index is 1.25. The molecule has 1 heterocycles. The molecule has 0 radical (unpaired) electrons. The van der Waals surface area contributed by atoms with Gasteiger partial charge in [-0.05, 0) is 69.0 Å². The van der Waals surface area contributed by atoms with Crippen LogP contribution in [0, 0.1) is 5.92 Å². The summed E-state index contributed by atoms with van der Waals surface area (Å²) in [6.07, 6.45) is 12.3. The number of carbonyl (C=O) groups is 1. The molecule has 2 aromatic rings. The summed E-state index contributed by atoms with van der Waals surface area (Å²) in [5.74, 6) is 0.988. The third kappa shape index (κ3) is 6.41. The van der Waals surface area contributed by atoms with Crippen molar-refractivity contribution in [1.82, 2.24) is 4.90 Å². The molecule has 2 aliphatic rings. The molecule has 0 amide bonds. The highest BCUT2D eigenvalue weighted by Crippen LogP contribution is 2.26. The van der Waals surface area contributed by atoms with Gasteiger partial charge in [0.2, 0.25) is 0 Å². The molecule has 3 nitrogen and oxygen atoms in total. The van der Waals surface area contributed by atoms with Crippen LogP contribution in [0.25, 0.3) is 0 Å². The summed E-state index contributed by atoms with van der Waals surface area (Å²) in [5, 5.41) is 0. The van der Waals surface area contributed by atoms with E-state index in [0.717, 1.165) is 58.3 Å². The summed E-state index contributed by atoms with van der Waals surface area (Å²) < 4.78 is 0. The number of ketones is 1. The molecular weight excluding hydrogens is 380 g/mol. The number of piperidine rings is 1. The smallest absolute Gasteiger partial charge is 0.137 e. The lowest BCUT2D eigenvalue weighted by Crippen LogP contribution is -2.39. The fourth-order valence-corrected chi connectivity index (χ4v) is 4.73. The minimum Gasteiger partial charge on any atom is -0.340 e. The van der Waals surface area contributed by atoms with Crippen molar-refractivity contribution >= 4 is 17.2 Å². The number of likely N-dealkylation sites (tertiary alicyclic amines) is 1. The normalized spacial score (nSPS) is 17.4. The van der Waals surface area contributed by atoms with Crippen LogP contribution in [0.15, 0.2) is 84.5 Å². The number of para-hydroxylation sites is 2. The summed E-state index contributed by atoms with van der Waals surface area (Å²) in [6.45, 7) is 4.21. The van der Waals surface area contributed by atoms with Gasteiger partial charge in [-0.15, -0.1) is 0 Å². The van der Waals surface area contributed by atoms with Crippen molar-refractivity contribution in [1.29, 1.82) is 0 Å². The molecule has 0 atom stereocenters. The van der Waals surface area contributed by atoms with Gasteiger partial charge in [0.05, 0.1) is 0 Å². The molecule has 3 heteroatoms. The number of anilines is 2. The first-order chi connectivity index (χ1) is 15.3. The van der Waals surface area contributed by atoms with Crippen LogP contribution >= 0.6 is 0 Å². The number of carbonyl (C=O) groups excluding carboxylic acids is 1. The third-order valence-electron chi connectivity index (χ3n) is 6.52. The van der Waals surface area contributed by atoms with E-state index < -0.39 is 0 Å². The Labute approximate surface area is 187 Å². The van der Waals surface area contributed by atoms with Crippen molar-refractivity contribution in [2.24, 2.45) is 5.92 Å². The molecule has 1 aliphatic heterocycles. The van der Waals surface area contributed by atoms with Gasteiger partial charge in [-0.2, -0.15) is 0 Å². The number of allylic oxidation sites excluding steroid dienone is 4. The highest BCUT2D eigenvalue weighted by atomic mass is 16.1. The van der Waals surface area contributed by atoms with E-state index in [9.17, 15) is 4.79 Å². The molecule has 31 heavy (non-hydrogen) atoms. The summed E-state index contributed by atoms with van der Waals surface area (Å²) >= 11 is 0. The van der Waals surface area contributed by atoms with Crippen LogP contribution in [0.4, 0.5) is 11.4 Å². The molecule has 0 N–H and O–H groups in total. The largest absolute Gasteiger partial charge is 0.340 e. The lowest BCUT2D eigenvalue weighted by Gasteiger charge is -2.34. The SMILES string of the molecule is O=C(CC1=CC=CCC1)CC1CCN(CCN(c2ccccc2)c2ccccc2)CC1. The van der Waals surface area contributed by atoms with Crippen molar-refractivity contribution in [3.05, 3.63) is 84.5 Å². The summed E-state index contributed by atoms with van der Waals surface area (Å²) in [6, 6.07) is 21.3. The maximum Gasteiger partial charge on any atom is 0.137 e. The van der Waals surface area contributed by atoms with E-state index >= 15 is 0 Å².